The Labute approximate surface area is 759 Å². The molecule has 12 N–H and O–H groups in total. The summed E-state index contributed by atoms with van der Waals surface area (Å²) in [6.07, 6.45) is -3.72. The van der Waals surface area contributed by atoms with Gasteiger partial charge in [-0.25, -0.2) is 4.58 Å². The van der Waals surface area contributed by atoms with Crippen molar-refractivity contribution in [3.05, 3.63) is 346 Å². The molecule has 0 saturated heterocycles. The summed E-state index contributed by atoms with van der Waals surface area (Å²) in [5.74, 6) is -0.948. The fourth-order valence-electron chi connectivity index (χ4n) is 14.6. The zero-order valence-electron chi connectivity index (χ0n) is 70.5. The highest BCUT2D eigenvalue weighted by Crippen LogP contribution is 2.39. The number of nitrogen functional groups attached to an aromatic ring is 2. The molecule has 16 rings (SSSR count). The summed E-state index contributed by atoms with van der Waals surface area (Å²) < 4.78 is 153. The maximum atomic E-state index is 12.9. The average molecular weight is 1860 g/mol. The third-order valence-electron chi connectivity index (χ3n) is 21.0. The van der Waals surface area contributed by atoms with Crippen LogP contribution in [-0.4, -0.2) is 77.9 Å². The lowest BCUT2D eigenvalue weighted by molar-refractivity contribution is -0.457. The summed E-state index contributed by atoms with van der Waals surface area (Å²) >= 11 is 10.2. The number of aryl methyl sites for hydroxylation is 9. The van der Waals surface area contributed by atoms with Crippen molar-refractivity contribution >= 4 is 93.3 Å². The van der Waals surface area contributed by atoms with Gasteiger partial charge in [0.25, 0.3) is 23.0 Å². The predicted octanol–water partition coefficient (Wildman–Crippen LogP) is 20.1. The lowest BCUT2D eigenvalue weighted by Gasteiger charge is -2.16. The number of nitrogens with zero attached hydrogens (tertiary/aromatic N) is 2. The number of ketones is 2. The molecule has 0 radical (unpaired) electrons. The van der Waals surface area contributed by atoms with Gasteiger partial charge in [-0.3, -0.25) is 28.8 Å². The second-order valence-corrected chi connectivity index (χ2v) is 31.6. The molecule has 10 aromatic rings. The summed E-state index contributed by atoms with van der Waals surface area (Å²) in [4.78, 5) is 71.9. The van der Waals surface area contributed by atoms with Gasteiger partial charge in [0.1, 0.15) is 14.1 Å². The third kappa shape index (κ3) is 30.7. The number of nitrogens with one attached hydrogen (secondary N) is 3. The van der Waals surface area contributed by atoms with Crippen molar-refractivity contribution in [1.29, 1.82) is 0 Å². The van der Waals surface area contributed by atoms with Crippen LogP contribution in [-0.2, 0) is 63.2 Å². The van der Waals surface area contributed by atoms with Gasteiger partial charge in [0.05, 0.1) is 40.4 Å². The Morgan fingerprint density at radius 3 is 1.12 bits per heavy atom. The van der Waals surface area contributed by atoms with Crippen LogP contribution in [0.3, 0.4) is 0 Å². The predicted molar refractivity (Wildman–Crippen MR) is 480 cm³/mol. The molecular weight excluding hydrogens is 1760 g/mol. The number of fused-ring (bicyclic) bond motifs is 6. The van der Waals surface area contributed by atoms with Gasteiger partial charge in [-0.15, -0.1) is 12.4 Å². The van der Waals surface area contributed by atoms with E-state index in [1.807, 2.05) is 120 Å². The molecule has 6 aliphatic carbocycles. The lowest BCUT2D eigenvalue weighted by Crippen LogP contribution is -3.00. The first-order valence-electron chi connectivity index (χ1n) is 39.7. The molecule has 4 atom stereocenters. The third-order valence-corrected chi connectivity index (χ3v) is 21.6. The van der Waals surface area contributed by atoms with Crippen LogP contribution in [0.2, 0.25) is 0 Å². The van der Waals surface area contributed by atoms with E-state index in [0.29, 0.717) is 42.5 Å². The number of alkyl halides is 12. The van der Waals surface area contributed by atoms with E-state index >= 15 is 0 Å². The second kappa shape index (κ2) is 47.6. The molecular formula is C97H103Cl4F12N9O6. The van der Waals surface area contributed by atoms with E-state index in [2.05, 4.69) is 53.2 Å². The number of hydrogen-bond donors (Lipinski definition) is 7. The van der Waals surface area contributed by atoms with Crippen LogP contribution in [0, 0.1) is 20.8 Å². The number of anilines is 2. The van der Waals surface area contributed by atoms with E-state index in [1.54, 1.807) is 22.8 Å². The Morgan fingerprint density at radius 2 is 0.734 bits per heavy atom. The highest BCUT2D eigenvalue weighted by molar-refractivity contribution is 6.67. The number of rotatable bonds is 9. The summed E-state index contributed by atoms with van der Waals surface area (Å²) in [6.45, 7) is 6.11. The molecule has 0 aliphatic heterocycles. The van der Waals surface area contributed by atoms with Crippen LogP contribution in [0.15, 0.2) is 212 Å². The van der Waals surface area contributed by atoms with Crippen LogP contribution in [0.25, 0.3) is 6.08 Å². The van der Waals surface area contributed by atoms with Gasteiger partial charge < -0.3 is 56.6 Å². The number of amides is 3. The van der Waals surface area contributed by atoms with Crippen molar-refractivity contribution in [1.82, 2.24) is 27.0 Å². The highest BCUT2D eigenvalue weighted by Gasteiger charge is 2.36. The Hall–Kier alpha value is -11.3. The van der Waals surface area contributed by atoms with Gasteiger partial charge in [0.2, 0.25) is 5.67 Å². The standard InChI is InChI=1S/C21H21F3N2O.C18H16F3NO.C17H15F3N2O.C10H13N.C10H10O.C9H9NO.C8H4ClF3O.C3H7ClN.CH4.2ClH.H3N/c1-26(2)11-10-14-6-7-15-8-9-19(18(15)12-14)25-20(27)16-4-3-5-17(13-16)21(22,23)24;1-11-5-6-12-7-8-16(15(12)9-11)22-17(23)13-3-2-4-14(10-13)18(19,20)21;18-17(19,20)12-3-1-2-11(8-12)16(23)22-15-7-5-10-4-6-13(21)9-14(10)15;2*1-7-2-3-8-4-5-10(11)9(8)6-7;10-7-3-1-6-2-4-9(11)8(6)5-7;9-7(13)5-2-1-3-6(4-5)8(10,11)12;1-5(2)3-4;;;;/h3-7,10-13,19H,8-9H2,1-2H3,(H,25,27);2-6,9-10,16H,7-8H2,1H3,(H,22,23);1-4,6,8-9,15H,5,7,21H2,(H,22,23);2-3,6,10H,4-5,11H2,1H3;2-3,6H,4-5H2,1H3;1,3,5H,2,4,10H2;1-4H;3H,1-2H3;1H4;2*1H;1H3/q;;;;;;;+1;;;;/p-1/b11-10+;;;;;;;;;;;. The van der Waals surface area contributed by atoms with Gasteiger partial charge in [0, 0.05) is 77.7 Å². The topological polar surface area (TPSA) is 258 Å². The fourth-order valence-corrected chi connectivity index (χ4v) is 14.7. The normalized spacial score (nSPS) is 15.5. The molecule has 684 valence electrons. The largest absolute Gasteiger partial charge is 1.00 e. The number of Topliss-reactive ketones (excluding diaryl/α,β-unsaturated/α-hetero) is 2. The highest BCUT2D eigenvalue weighted by atomic mass is 35.5. The fraction of sp³-hybridized carbons (Fsp3) is 0.289. The number of hydrogen-bond acceptors (Lipinski definition) is 11. The molecule has 0 bridgehead atoms. The lowest BCUT2D eigenvalue weighted by atomic mass is 10.0. The maximum absolute atomic E-state index is 12.9. The number of carbonyl (C=O) groups excluding carboxylic acids is 6. The van der Waals surface area contributed by atoms with Crippen LogP contribution < -0.4 is 51.7 Å². The van der Waals surface area contributed by atoms with Gasteiger partial charge in [-0.2, -0.15) is 52.7 Å². The van der Waals surface area contributed by atoms with Gasteiger partial charge in [0.15, 0.2) is 11.6 Å². The molecule has 3 amide bonds. The number of benzene rings is 10. The van der Waals surface area contributed by atoms with E-state index in [4.69, 9.17) is 40.4 Å². The molecule has 6 aliphatic rings. The van der Waals surface area contributed by atoms with Crippen molar-refractivity contribution in [2.75, 3.05) is 39.7 Å². The first kappa shape index (κ1) is 107. The summed E-state index contributed by atoms with van der Waals surface area (Å²) in [6, 6.07) is 53.1. The molecule has 0 saturated carbocycles. The minimum atomic E-state index is -4.47. The average Bonchev–Trinajstić information content (AvgIpc) is 1.67. The monoisotopic (exact) mass is 1860 g/mol. The van der Waals surface area contributed by atoms with E-state index < -0.39 is 69.9 Å². The van der Waals surface area contributed by atoms with Crippen molar-refractivity contribution in [3.8, 4) is 0 Å². The van der Waals surface area contributed by atoms with Gasteiger partial charge >= 0.3 is 24.7 Å². The molecule has 10 aromatic carbocycles. The number of nitrogens with two attached hydrogens (primary N) is 3. The van der Waals surface area contributed by atoms with E-state index in [9.17, 15) is 81.5 Å². The van der Waals surface area contributed by atoms with Crippen molar-refractivity contribution in [2.24, 2.45) is 5.73 Å². The molecule has 0 spiro atoms. The minimum Gasteiger partial charge on any atom is -1.00 e. The molecule has 0 heterocycles. The van der Waals surface area contributed by atoms with Crippen LogP contribution >= 0.6 is 35.6 Å². The van der Waals surface area contributed by atoms with Crippen LogP contribution in [0.5, 0.6) is 0 Å². The van der Waals surface area contributed by atoms with Crippen molar-refractivity contribution in [3.63, 3.8) is 0 Å². The summed E-state index contributed by atoms with van der Waals surface area (Å²) in [7, 11) is 7.60. The second-order valence-electron chi connectivity index (χ2n) is 31.0. The SMILES string of the molecule is C.CN(C)/C=C/c1ccc2c(c1)C(NC(=O)c1cccc(C(F)(F)F)c1)CC2.C[N+](C)=CCl.Cc1ccc2c(c1)C(=O)CC2.Cc1ccc2c(c1)C(N)CC2.Cc1ccc2c(c1)C(NC(=O)c1cccc(C(F)(F)F)c1)CC2.Cl.N.Nc1ccc2c(c1)C(=O)CC2.Nc1ccc2c(c1)C(NC(=O)c1cccc(C(F)(F)F)c1)CC2.O=C(Cl)c1cccc(C(F)(F)F)c1.[Cl-]. The molecule has 0 fully saturated rings. The van der Waals surface area contributed by atoms with Crippen molar-refractivity contribution in [2.45, 2.75) is 154 Å². The van der Waals surface area contributed by atoms with Crippen LogP contribution in [0.1, 0.15) is 232 Å². The molecule has 31 heteroatoms. The van der Waals surface area contributed by atoms with Gasteiger partial charge in [-0.05, 0) is 285 Å². The summed E-state index contributed by atoms with van der Waals surface area (Å²) in [5, 5.41) is 7.63. The van der Waals surface area contributed by atoms with Crippen LogP contribution in [0.4, 0.5) is 64.1 Å². The van der Waals surface area contributed by atoms with E-state index in [1.165, 1.54) is 81.5 Å². The van der Waals surface area contributed by atoms with E-state index in [0.717, 1.165) is 168 Å². The molecule has 4 unspecified atom stereocenters. The Kier molecular flexibility index (Phi) is 39.9. The van der Waals surface area contributed by atoms with Crippen molar-refractivity contribution < 1.29 is 98.4 Å². The molecule has 15 nitrogen and oxygen atoms in total. The summed E-state index contributed by atoms with van der Waals surface area (Å²) in [5.41, 5.74) is 34.6. The molecule has 0 aromatic heterocycles. The zero-order chi connectivity index (χ0) is 90.7. The maximum Gasteiger partial charge on any atom is 0.416 e. The number of carbonyl (C=O) groups is 6. The Balaban J connectivity index is 0.000000268. The minimum absolute atomic E-state index is 0. The quantitative estimate of drug-likeness (QED) is 0.0235. The Morgan fingerprint density at radius 1 is 0.422 bits per heavy atom. The smallest absolute Gasteiger partial charge is 0.416 e. The first-order chi connectivity index (χ1) is 58.4. The van der Waals surface area contributed by atoms with Gasteiger partial charge in [-0.1, -0.05) is 127 Å². The zero-order valence-corrected chi connectivity index (χ0v) is 73.6. The van der Waals surface area contributed by atoms with E-state index in [-0.39, 0.29) is 84.6 Å². The molecule has 128 heavy (non-hydrogen) atoms. The first-order valence-corrected chi connectivity index (χ1v) is 40.5. The Bertz CT molecular complexity index is 5410. The number of halogens is 16.